The Morgan fingerprint density at radius 2 is 1.83 bits per heavy atom. The van der Waals surface area contributed by atoms with Crippen molar-refractivity contribution < 1.29 is 26.7 Å². The van der Waals surface area contributed by atoms with Gasteiger partial charge in [0.05, 0.1) is 21.9 Å². The Balaban J connectivity index is 0.00000237. The highest BCUT2D eigenvalue weighted by molar-refractivity contribution is 9.11. The number of alkyl halides is 3. The van der Waals surface area contributed by atoms with Gasteiger partial charge in [0.15, 0.2) is 0 Å². The minimum absolute atomic E-state index is 0.0204. The first-order valence-electron chi connectivity index (χ1n) is 13.4. The van der Waals surface area contributed by atoms with E-state index in [1.165, 1.54) is 22.4 Å². The van der Waals surface area contributed by atoms with Gasteiger partial charge in [0, 0.05) is 53.6 Å². The Bertz CT molecular complexity index is 1490. The summed E-state index contributed by atoms with van der Waals surface area (Å²) in [5.74, 6) is -0.704. The third kappa shape index (κ3) is 6.82. The summed E-state index contributed by atoms with van der Waals surface area (Å²) >= 11 is 4.11. The molecule has 1 aromatic heterocycles. The van der Waals surface area contributed by atoms with E-state index in [-0.39, 0.29) is 70.1 Å². The summed E-state index contributed by atoms with van der Waals surface area (Å²) in [7, 11) is 0. The summed E-state index contributed by atoms with van der Waals surface area (Å²) in [4.78, 5) is 33.5. The van der Waals surface area contributed by atoms with Crippen molar-refractivity contribution in [3.8, 4) is 0 Å². The number of aryl methyl sites for hydroxylation is 1. The SMILES string of the molecule is C=CC(=O)N1C(C)CN(c2nc(=O)n3c4c(c(/C=C/C(Br)=C(F)\C=C\F)c(C(F)(F)F)cc24)SCCC3)CC1C.CC. The average Bonchev–Trinajstić information content (AvgIpc) is 3.18. The average molecular weight is 676 g/mol. The quantitative estimate of drug-likeness (QED) is 0.186. The van der Waals surface area contributed by atoms with Crippen molar-refractivity contribution in [3.63, 3.8) is 0 Å². The topological polar surface area (TPSA) is 58.4 Å². The van der Waals surface area contributed by atoms with Crippen molar-refractivity contribution in [2.45, 2.75) is 63.8 Å². The fourth-order valence-corrected chi connectivity index (χ4v) is 6.64. The van der Waals surface area contributed by atoms with Crippen LogP contribution in [-0.2, 0) is 17.5 Å². The van der Waals surface area contributed by atoms with Crippen LogP contribution in [0.2, 0.25) is 0 Å². The highest BCUT2D eigenvalue weighted by Gasteiger charge is 2.38. The standard InChI is InChI=1S/C27H26BrF5N4O2S.C2H6/c1-4-22(38)37-15(2)13-35(14-16(37)3)25-18-12-19(27(31,32)33)17(6-7-20(28)21(30)8-9-29)24-23(18)36(26(39)34-25)10-5-11-40-24;1-2/h4,6-9,12,15-16H,1,5,10-11,13-14H2,2-3H3;1-2H3/b7-6+,9-8+,21-20-;. The molecule has 0 aliphatic carbocycles. The first-order valence-corrected chi connectivity index (χ1v) is 15.2. The number of halogens is 6. The van der Waals surface area contributed by atoms with Gasteiger partial charge in [-0.3, -0.25) is 9.36 Å². The number of piperazine rings is 1. The Kier molecular flexibility index (Phi) is 11.2. The number of nitrogens with zero attached hydrogens (tertiary/aromatic N) is 4. The number of rotatable bonds is 5. The van der Waals surface area contributed by atoms with Gasteiger partial charge >= 0.3 is 11.9 Å². The van der Waals surface area contributed by atoms with Gasteiger partial charge in [-0.25, -0.2) is 13.6 Å². The van der Waals surface area contributed by atoms with Gasteiger partial charge in [-0.1, -0.05) is 26.5 Å². The van der Waals surface area contributed by atoms with E-state index in [4.69, 9.17) is 0 Å². The summed E-state index contributed by atoms with van der Waals surface area (Å²) in [5.41, 5.74) is -1.48. The highest BCUT2D eigenvalue weighted by Crippen LogP contribution is 2.45. The molecule has 228 valence electrons. The normalized spacial score (nSPS) is 20.0. The third-order valence-electron chi connectivity index (χ3n) is 6.80. The van der Waals surface area contributed by atoms with Crippen LogP contribution in [0.4, 0.5) is 27.8 Å². The van der Waals surface area contributed by atoms with Crippen molar-refractivity contribution in [2.75, 3.05) is 23.7 Å². The molecule has 4 rings (SSSR count). The molecule has 2 unspecified atom stereocenters. The van der Waals surface area contributed by atoms with Gasteiger partial charge in [0.25, 0.3) is 0 Å². The number of hydrogen-bond acceptors (Lipinski definition) is 5. The predicted octanol–water partition coefficient (Wildman–Crippen LogP) is 7.62. The van der Waals surface area contributed by atoms with Crippen LogP contribution in [0.1, 0.15) is 45.2 Å². The van der Waals surface area contributed by atoms with E-state index in [2.05, 4.69) is 27.5 Å². The number of anilines is 1. The van der Waals surface area contributed by atoms with Gasteiger partial charge in [-0.15, -0.1) is 11.8 Å². The van der Waals surface area contributed by atoms with E-state index in [9.17, 15) is 31.5 Å². The number of carbonyl (C=O) groups is 1. The lowest BCUT2D eigenvalue weighted by atomic mass is 10.0. The molecule has 0 saturated carbocycles. The lowest BCUT2D eigenvalue weighted by Gasteiger charge is -2.44. The molecule has 0 radical (unpaired) electrons. The highest BCUT2D eigenvalue weighted by atomic mass is 79.9. The zero-order valence-electron chi connectivity index (χ0n) is 23.6. The summed E-state index contributed by atoms with van der Waals surface area (Å²) in [5, 5.41) is 0.164. The first kappa shape index (κ1) is 33.6. The summed E-state index contributed by atoms with van der Waals surface area (Å²) < 4.78 is 71.1. The monoisotopic (exact) mass is 674 g/mol. The lowest BCUT2D eigenvalue weighted by molar-refractivity contribution is -0.137. The number of benzene rings is 1. The van der Waals surface area contributed by atoms with Crippen LogP contribution in [-0.4, -0.2) is 51.3 Å². The maximum atomic E-state index is 14.5. The predicted molar refractivity (Wildman–Crippen MR) is 162 cm³/mol. The minimum Gasteiger partial charge on any atom is -0.352 e. The van der Waals surface area contributed by atoms with E-state index >= 15 is 0 Å². The molecule has 1 saturated heterocycles. The molecule has 6 nitrogen and oxygen atoms in total. The van der Waals surface area contributed by atoms with Gasteiger partial charge < -0.3 is 9.80 Å². The summed E-state index contributed by atoms with van der Waals surface area (Å²) in [6, 6.07) is 0.342. The molecule has 1 fully saturated rings. The van der Waals surface area contributed by atoms with E-state index in [0.29, 0.717) is 23.8 Å². The molecule has 1 aromatic carbocycles. The van der Waals surface area contributed by atoms with Gasteiger partial charge in [-0.05, 0) is 60.2 Å². The van der Waals surface area contributed by atoms with Crippen molar-refractivity contribution in [3.05, 3.63) is 69.1 Å². The summed E-state index contributed by atoms with van der Waals surface area (Å²) in [6.07, 6.45) is -0.346. The first-order chi connectivity index (χ1) is 19.9. The number of thioether (sulfide) groups is 1. The molecule has 2 atom stereocenters. The van der Waals surface area contributed by atoms with E-state index in [0.717, 1.165) is 18.2 Å². The Morgan fingerprint density at radius 1 is 1.19 bits per heavy atom. The minimum atomic E-state index is -4.79. The van der Waals surface area contributed by atoms with Gasteiger partial charge in [0.1, 0.15) is 11.6 Å². The van der Waals surface area contributed by atoms with Crippen molar-refractivity contribution in [1.29, 1.82) is 0 Å². The Labute approximate surface area is 253 Å². The van der Waals surface area contributed by atoms with Crippen LogP contribution in [0.25, 0.3) is 17.0 Å². The van der Waals surface area contributed by atoms with Gasteiger partial charge in [-0.2, -0.15) is 18.2 Å². The largest absolute Gasteiger partial charge is 0.417 e. The molecule has 3 heterocycles. The number of amides is 1. The molecule has 1 amide bonds. The molecule has 42 heavy (non-hydrogen) atoms. The second-order valence-corrected chi connectivity index (χ2v) is 11.5. The number of carbonyl (C=O) groups excluding carboxylic acids is 1. The molecule has 0 N–H and O–H groups in total. The molecular formula is C29H32BrF5N4O2S. The lowest BCUT2D eigenvalue weighted by Crippen LogP contribution is -2.58. The molecule has 0 bridgehead atoms. The summed E-state index contributed by atoms with van der Waals surface area (Å²) in [6.45, 7) is 11.9. The van der Waals surface area contributed by atoms with Crippen LogP contribution < -0.4 is 10.6 Å². The molecule has 2 aromatic rings. The molecule has 0 spiro atoms. The van der Waals surface area contributed by atoms with Crippen LogP contribution in [0.15, 0.2) is 57.2 Å². The second-order valence-electron chi connectivity index (χ2n) is 9.51. The van der Waals surface area contributed by atoms with Crippen LogP contribution in [0.3, 0.4) is 0 Å². The Morgan fingerprint density at radius 3 is 2.40 bits per heavy atom. The van der Waals surface area contributed by atoms with E-state index < -0.39 is 23.3 Å². The van der Waals surface area contributed by atoms with Gasteiger partial charge in [0.2, 0.25) is 5.91 Å². The molecular weight excluding hydrogens is 643 g/mol. The Hall–Kier alpha value is -2.93. The molecule has 2 aliphatic rings. The fourth-order valence-electron chi connectivity index (χ4n) is 5.21. The second kappa shape index (κ2) is 14.0. The van der Waals surface area contributed by atoms with Crippen LogP contribution in [0.5, 0.6) is 0 Å². The smallest absolute Gasteiger partial charge is 0.352 e. The number of allylic oxidation sites excluding steroid dienone is 4. The maximum Gasteiger partial charge on any atom is 0.417 e. The maximum absolute atomic E-state index is 14.5. The molecule has 13 heteroatoms. The van der Waals surface area contributed by atoms with Crippen molar-refractivity contribution >= 4 is 56.4 Å². The number of aromatic nitrogens is 2. The zero-order valence-corrected chi connectivity index (χ0v) is 26.0. The zero-order chi connectivity index (χ0) is 31.4. The van der Waals surface area contributed by atoms with E-state index in [1.807, 2.05) is 27.7 Å². The van der Waals surface area contributed by atoms with Crippen molar-refractivity contribution in [1.82, 2.24) is 14.5 Å². The van der Waals surface area contributed by atoms with E-state index in [1.54, 1.807) is 9.80 Å². The van der Waals surface area contributed by atoms with Crippen LogP contribution >= 0.6 is 27.7 Å². The third-order valence-corrected chi connectivity index (χ3v) is 8.63. The van der Waals surface area contributed by atoms with Crippen molar-refractivity contribution in [2.24, 2.45) is 0 Å². The molecule has 2 aliphatic heterocycles. The number of hydrogen-bond donors (Lipinski definition) is 0. The fraction of sp³-hybridized carbons (Fsp3) is 0.414. The van der Waals surface area contributed by atoms with Crippen LogP contribution in [0, 0.1) is 0 Å².